The standard InChI is InChI=1S/C16H18Cl2N2/c1-3-16(14-5-4-13(17)10-15(14)18)20-11(2)12-6-8-19-9-7-12/h4-11,16,20H,3H2,1-2H3. The molecule has 20 heavy (non-hydrogen) atoms. The van der Waals surface area contributed by atoms with Crippen molar-refractivity contribution in [2.75, 3.05) is 0 Å². The molecule has 1 aromatic heterocycles. The molecule has 2 aromatic rings. The minimum atomic E-state index is 0.197. The summed E-state index contributed by atoms with van der Waals surface area (Å²) in [6.45, 7) is 4.28. The van der Waals surface area contributed by atoms with Gasteiger partial charge in [-0.25, -0.2) is 0 Å². The summed E-state index contributed by atoms with van der Waals surface area (Å²) in [7, 11) is 0. The zero-order chi connectivity index (χ0) is 14.5. The fourth-order valence-electron chi connectivity index (χ4n) is 2.26. The molecule has 4 heteroatoms. The molecule has 0 saturated carbocycles. The smallest absolute Gasteiger partial charge is 0.0468 e. The van der Waals surface area contributed by atoms with E-state index in [-0.39, 0.29) is 12.1 Å². The number of hydrogen-bond donors (Lipinski definition) is 1. The third-order valence-corrected chi connectivity index (χ3v) is 3.97. The maximum atomic E-state index is 6.30. The Balaban J connectivity index is 2.17. The Bertz CT molecular complexity index is 558. The predicted octanol–water partition coefficient (Wildman–Crippen LogP) is 5.19. The lowest BCUT2D eigenvalue weighted by atomic mass is 10.0. The van der Waals surface area contributed by atoms with Gasteiger partial charge >= 0.3 is 0 Å². The molecule has 0 aliphatic carbocycles. The molecule has 0 fully saturated rings. The van der Waals surface area contributed by atoms with Crippen LogP contribution in [0, 0.1) is 0 Å². The van der Waals surface area contributed by atoms with E-state index in [1.54, 1.807) is 6.07 Å². The summed E-state index contributed by atoms with van der Waals surface area (Å²) in [5.74, 6) is 0. The van der Waals surface area contributed by atoms with Gasteiger partial charge in [-0.3, -0.25) is 4.98 Å². The zero-order valence-electron chi connectivity index (χ0n) is 11.6. The number of benzene rings is 1. The Kier molecular flexibility index (Phi) is 5.41. The SMILES string of the molecule is CCC(NC(C)c1ccncc1)c1ccc(Cl)cc1Cl. The molecule has 0 aliphatic heterocycles. The van der Waals surface area contributed by atoms with Crippen molar-refractivity contribution in [2.45, 2.75) is 32.4 Å². The van der Waals surface area contributed by atoms with Crippen molar-refractivity contribution < 1.29 is 0 Å². The van der Waals surface area contributed by atoms with Gasteiger partial charge in [0, 0.05) is 34.5 Å². The molecule has 1 heterocycles. The first kappa shape index (κ1) is 15.3. The molecule has 0 amide bonds. The molecule has 0 bridgehead atoms. The highest BCUT2D eigenvalue weighted by atomic mass is 35.5. The lowest BCUT2D eigenvalue weighted by Crippen LogP contribution is -2.24. The van der Waals surface area contributed by atoms with Crippen molar-refractivity contribution in [3.8, 4) is 0 Å². The summed E-state index contributed by atoms with van der Waals surface area (Å²) in [5.41, 5.74) is 2.29. The number of aromatic nitrogens is 1. The van der Waals surface area contributed by atoms with Crippen LogP contribution in [0.2, 0.25) is 10.0 Å². The van der Waals surface area contributed by atoms with E-state index < -0.39 is 0 Å². The third-order valence-electron chi connectivity index (χ3n) is 3.40. The van der Waals surface area contributed by atoms with Crippen LogP contribution in [0.25, 0.3) is 0 Å². The molecule has 0 spiro atoms. The number of rotatable bonds is 5. The second-order valence-electron chi connectivity index (χ2n) is 4.80. The second kappa shape index (κ2) is 7.07. The van der Waals surface area contributed by atoms with Gasteiger partial charge in [0.25, 0.3) is 0 Å². The van der Waals surface area contributed by atoms with Gasteiger partial charge in [0.1, 0.15) is 0 Å². The van der Waals surface area contributed by atoms with Crippen molar-refractivity contribution in [3.05, 3.63) is 63.9 Å². The molecule has 1 aromatic carbocycles. The highest BCUT2D eigenvalue weighted by Crippen LogP contribution is 2.29. The Morgan fingerprint density at radius 3 is 2.45 bits per heavy atom. The van der Waals surface area contributed by atoms with E-state index in [4.69, 9.17) is 23.2 Å². The van der Waals surface area contributed by atoms with E-state index in [1.165, 1.54) is 5.56 Å². The Morgan fingerprint density at radius 2 is 1.85 bits per heavy atom. The number of pyridine rings is 1. The van der Waals surface area contributed by atoms with Crippen LogP contribution in [0.5, 0.6) is 0 Å². The average molecular weight is 309 g/mol. The maximum Gasteiger partial charge on any atom is 0.0468 e. The number of hydrogen-bond acceptors (Lipinski definition) is 2. The van der Waals surface area contributed by atoms with Crippen LogP contribution in [-0.2, 0) is 0 Å². The predicted molar refractivity (Wildman–Crippen MR) is 85.3 cm³/mol. The van der Waals surface area contributed by atoms with Gasteiger partial charge in [-0.05, 0) is 48.7 Å². The molecule has 0 radical (unpaired) electrons. The highest BCUT2D eigenvalue weighted by Gasteiger charge is 2.16. The van der Waals surface area contributed by atoms with Crippen LogP contribution in [0.4, 0.5) is 0 Å². The van der Waals surface area contributed by atoms with Crippen LogP contribution in [0.1, 0.15) is 43.5 Å². The van der Waals surface area contributed by atoms with E-state index >= 15 is 0 Å². The van der Waals surface area contributed by atoms with Gasteiger partial charge in [-0.1, -0.05) is 36.2 Å². The number of halogens is 2. The Hall–Kier alpha value is -1.09. The Morgan fingerprint density at radius 1 is 1.15 bits per heavy atom. The first-order chi connectivity index (χ1) is 9.61. The minimum absolute atomic E-state index is 0.197. The maximum absolute atomic E-state index is 6.30. The van der Waals surface area contributed by atoms with E-state index in [0.717, 1.165) is 12.0 Å². The van der Waals surface area contributed by atoms with E-state index in [1.807, 2.05) is 36.7 Å². The lowest BCUT2D eigenvalue weighted by molar-refractivity contribution is 0.456. The first-order valence-corrected chi connectivity index (χ1v) is 7.48. The largest absolute Gasteiger partial charge is 0.303 e. The summed E-state index contributed by atoms with van der Waals surface area (Å²) in [6.07, 6.45) is 4.57. The van der Waals surface area contributed by atoms with Gasteiger partial charge < -0.3 is 5.32 Å². The van der Waals surface area contributed by atoms with Gasteiger partial charge in [-0.2, -0.15) is 0 Å². The summed E-state index contributed by atoms with van der Waals surface area (Å²) >= 11 is 12.3. The molecule has 2 unspecified atom stereocenters. The quantitative estimate of drug-likeness (QED) is 0.822. The normalized spacial score (nSPS) is 14.0. The summed E-state index contributed by atoms with van der Waals surface area (Å²) < 4.78 is 0. The third kappa shape index (κ3) is 3.72. The van der Waals surface area contributed by atoms with E-state index in [0.29, 0.717) is 10.0 Å². The van der Waals surface area contributed by atoms with Gasteiger partial charge in [0.05, 0.1) is 0 Å². The first-order valence-electron chi connectivity index (χ1n) is 6.72. The fourth-order valence-corrected chi connectivity index (χ4v) is 2.80. The van der Waals surface area contributed by atoms with Gasteiger partial charge in [0.2, 0.25) is 0 Å². The van der Waals surface area contributed by atoms with E-state index in [2.05, 4.69) is 24.1 Å². The van der Waals surface area contributed by atoms with Crippen molar-refractivity contribution in [1.82, 2.24) is 10.3 Å². The lowest BCUT2D eigenvalue weighted by Gasteiger charge is -2.24. The molecular formula is C16H18Cl2N2. The molecule has 0 aliphatic rings. The van der Waals surface area contributed by atoms with Gasteiger partial charge in [0.15, 0.2) is 0 Å². The van der Waals surface area contributed by atoms with Crippen LogP contribution >= 0.6 is 23.2 Å². The number of nitrogens with one attached hydrogen (secondary N) is 1. The van der Waals surface area contributed by atoms with Gasteiger partial charge in [-0.15, -0.1) is 0 Å². The second-order valence-corrected chi connectivity index (χ2v) is 5.64. The molecule has 1 N–H and O–H groups in total. The monoisotopic (exact) mass is 308 g/mol. The highest BCUT2D eigenvalue weighted by molar-refractivity contribution is 6.35. The fraction of sp³-hybridized carbons (Fsp3) is 0.312. The van der Waals surface area contributed by atoms with Crippen molar-refractivity contribution in [3.63, 3.8) is 0 Å². The average Bonchev–Trinajstić information content (AvgIpc) is 2.46. The summed E-state index contributed by atoms with van der Waals surface area (Å²) in [6, 6.07) is 10.1. The van der Waals surface area contributed by atoms with Crippen molar-refractivity contribution in [1.29, 1.82) is 0 Å². The Labute approximate surface area is 130 Å². The molecule has 2 rings (SSSR count). The molecule has 2 nitrogen and oxygen atoms in total. The molecular weight excluding hydrogens is 291 g/mol. The molecule has 2 atom stereocenters. The zero-order valence-corrected chi connectivity index (χ0v) is 13.1. The van der Waals surface area contributed by atoms with Crippen molar-refractivity contribution >= 4 is 23.2 Å². The number of nitrogens with zero attached hydrogens (tertiary/aromatic N) is 1. The van der Waals surface area contributed by atoms with Crippen molar-refractivity contribution in [2.24, 2.45) is 0 Å². The summed E-state index contributed by atoms with van der Waals surface area (Å²) in [4.78, 5) is 4.05. The van der Waals surface area contributed by atoms with E-state index in [9.17, 15) is 0 Å². The molecule has 0 saturated heterocycles. The van der Waals surface area contributed by atoms with Crippen LogP contribution in [-0.4, -0.2) is 4.98 Å². The summed E-state index contributed by atoms with van der Waals surface area (Å²) in [5, 5.41) is 4.97. The van der Waals surface area contributed by atoms with Crippen LogP contribution in [0.3, 0.4) is 0 Å². The topological polar surface area (TPSA) is 24.9 Å². The molecule has 106 valence electrons. The van der Waals surface area contributed by atoms with Crippen LogP contribution < -0.4 is 5.32 Å². The minimum Gasteiger partial charge on any atom is -0.303 e. The van der Waals surface area contributed by atoms with Crippen LogP contribution in [0.15, 0.2) is 42.7 Å².